The van der Waals surface area contributed by atoms with Gasteiger partial charge in [-0.05, 0) is 31.2 Å². The van der Waals surface area contributed by atoms with Crippen molar-refractivity contribution in [1.29, 1.82) is 0 Å². The minimum Gasteiger partial charge on any atom is -0.328 e. The lowest BCUT2D eigenvalue weighted by Crippen LogP contribution is -2.36. The van der Waals surface area contributed by atoms with Gasteiger partial charge in [-0.3, -0.25) is 14.9 Å². The molecule has 0 spiro atoms. The van der Waals surface area contributed by atoms with Gasteiger partial charge in [-0.1, -0.05) is 54.6 Å². The number of aromatic nitrogens is 7. The summed E-state index contributed by atoms with van der Waals surface area (Å²) in [4.78, 5) is 33.6. The van der Waals surface area contributed by atoms with Crippen LogP contribution in [-0.2, 0) is 20.1 Å². The maximum absolute atomic E-state index is 13.1. The van der Waals surface area contributed by atoms with Crippen LogP contribution in [0.4, 0.5) is 5.69 Å². The summed E-state index contributed by atoms with van der Waals surface area (Å²) in [6, 6.07) is 11.9. The molecule has 4 aromatic heterocycles. The van der Waals surface area contributed by atoms with Crippen LogP contribution < -0.4 is 10.1 Å². The monoisotopic (exact) mass is 559 g/mol. The van der Waals surface area contributed by atoms with Crippen molar-refractivity contribution in [3.63, 3.8) is 0 Å². The Bertz CT molecular complexity index is 2220. The van der Waals surface area contributed by atoms with Crippen molar-refractivity contribution in [3.05, 3.63) is 117 Å². The number of hydrogen-bond acceptors (Lipinski definition) is 6. The molecule has 0 atom stereocenters. The topological polar surface area (TPSA) is 117 Å². The van der Waals surface area contributed by atoms with E-state index in [0.717, 1.165) is 22.6 Å². The zero-order valence-corrected chi connectivity index (χ0v) is 23.1. The molecular weight excluding hydrogens is 532 g/mol. The first kappa shape index (κ1) is 26.5. The lowest BCUT2D eigenvalue weighted by atomic mass is 10.2. The Kier molecular flexibility index (Phi) is 6.54. The standard InChI is InChI=1S/C31H27N8O3/c1-5-17-36-27(37(18-6-2)29-28(36)32-24-16-15-21(39(41)42)19-25(24)33-29)14-10-8-11-22-20(3)34-38-30(22)35(4)26-13-9-7-12-23(26)31(38)40/h5-16,19H,1-2,17-18H2,3-4H3/q+1. The van der Waals surface area contributed by atoms with E-state index in [0.29, 0.717) is 46.5 Å². The summed E-state index contributed by atoms with van der Waals surface area (Å²) in [6.07, 6.45) is 11.2. The number of hydrogen-bond donors (Lipinski definition) is 0. The average molecular weight is 560 g/mol. The highest BCUT2D eigenvalue weighted by molar-refractivity contribution is 5.85. The minimum absolute atomic E-state index is 0.0457. The molecule has 0 radical (unpaired) electrons. The van der Waals surface area contributed by atoms with Crippen LogP contribution in [0.2, 0.25) is 0 Å². The molecule has 0 fully saturated rings. The Morgan fingerprint density at radius 1 is 1.05 bits per heavy atom. The number of aryl methyl sites for hydroxylation is 2. The fourth-order valence-corrected chi connectivity index (χ4v) is 5.32. The van der Waals surface area contributed by atoms with Crippen molar-refractivity contribution >= 4 is 56.7 Å². The summed E-state index contributed by atoms with van der Waals surface area (Å²) in [5, 5.41) is 16.5. The third-order valence-electron chi connectivity index (χ3n) is 7.22. The fourth-order valence-electron chi connectivity index (χ4n) is 5.32. The third kappa shape index (κ3) is 4.19. The summed E-state index contributed by atoms with van der Waals surface area (Å²) in [7, 11) is 1.93. The smallest absolute Gasteiger partial charge is 0.323 e. The summed E-state index contributed by atoms with van der Waals surface area (Å²) in [5.41, 5.74) is 5.10. The maximum Gasteiger partial charge on any atom is 0.323 e. The number of benzene rings is 2. The molecule has 0 aliphatic carbocycles. The molecule has 6 rings (SSSR count). The predicted octanol–water partition coefficient (Wildman–Crippen LogP) is 4.69. The van der Waals surface area contributed by atoms with E-state index in [9.17, 15) is 14.9 Å². The van der Waals surface area contributed by atoms with Gasteiger partial charge in [0.2, 0.25) is 5.82 Å². The van der Waals surface area contributed by atoms with Crippen molar-refractivity contribution in [2.24, 2.45) is 7.05 Å². The van der Waals surface area contributed by atoms with E-state index >= 15 is 0 Å². The minimum atomic E-state index is -0.446. The molecule has 0 N–H and O–H groups in total. The number of nitro benzene ring substituents is 1. The predicted molar refractivity (Wildman–Crippen MR) is 163 cm³/mol. The van der Waals surface area contributed by atoms with Gasteiger partial charge in [-0.25, -0.2) is 14.1 Å². The molecule has 42 heavy (non-hydrogen) atoms. The molecule has 0 bridgehead atoms. The van der Waals surface area contributed by atoms with E-state index < -0.39 is 4.92 Å². The van der Waals surface area contributed by atoms with Gasteiger partial charge in [-0.15, -0.1) is 0 Å². The molecule has 0 saturated heterocycles. The number of nitro groups is 1. The second kappa shape index (κ2) is 10.4. The molecule has 11 nitrogen and oxygen atoms in total. The highest BCUT2D eigenvalue weighted by Gasteiger charge is 2.25. The van der Waals surface area contributed by atoms with E-state index in [1.807, 2.05) is 70.2 Å². The molecule has 11 heteroatoms. The van der Waals surface area contributed by atoms with Gasteiger partial charge >= 0.3 is 5.65 Å². The number of fused-ring (bicyclic) bond motifs is 4. The van der Waals surface area contributed by atoms with Gasteiger partial charge in [-0.2, -0.15) is 9.61 Å². The quantitative estimate of drug-likeness (QED) is 0.0878. The molecule has 6 aromatic rings. The normalized spacial score (nSPS) is 12.0. The lowest BCUT2D eigenvalue weighted by molar-refractivity contribution is -0.665. The van der Waals surface area contributed by atoms with Crippen LogP contribution >= 0.6 is 0 Å². The van der Waals surface area contributed by atoms with Gasteiger partial charge in [0, 0.05) is 30.8 Å². The maximum atomic E-state index is 13.1. The van der Waals surface area contributed by atoms with Crippen LogP contribution in [0.3, 0.4) is 0 Å². The van der Waals surface area contributed by atoms with Crippen molar-refractivity contribution < 1.29 is 9.49 Å². The van der Waals surface area contributed by atoms with Crippen LogP contribution in [0.1, 0.15) is 17.1 Å². The van der Waals surface area contributed by atoms with Gasteiger partial charge < -0.3 is 4.57 Å². The molecule has 4 heterocycles. The first-order valence-electron chi connectivity index (χ1n) is 13.3. The van der Waals surface area contributed by atoms with Crippen molar-refractivity contribution in [2.45, 2.75) is 20.0 Å². The zero-order chi connectivity index (χ0) is 29.5. The van der Waals surface area contributed by atoms with Crippen molar-refractivity contribution in [1.82, 2.24) is 28.7 Å². The van der Waals surface area contributed by atoms with Crippen LogP contribution in [-0.4, -0.2) is 33.6 Å². The van der Waals surface area contributed by atoms with Gasteiger partial charge in [0.1, 0.15) is 11.2 Å². The molecule has 0 aliphatic rings. The highest BCUT2D eigenvalue weighted by Crippen LogP contribution is 2.23. The number of non-ortho nitro benzene ring substituents is 1. The summed E-state index contributed by atoms with van der Waals surface area (Å²) in [6.45, 7) is 10.6. The van der Waals surface area contributed by atoms with Crippen LogP contribution in [0.15, 0.2) is 84.7 Å². The first-order chi connectivity index (χ1) is 20.3. The molecule has 0 saturated carbocycles. The first-order valence-corrected chi connectivity index (χ1v) is 13.3. The van der Waals surface area contributed by atoms with Gasteiger partial charge in [0.05, 0.1) is 34.6 Å². The Morgan fingerprint density at radius 3 is 2.60 bits per heavy atom. The SMILES string of the molecule is C=CCn1c(/C=C/C=C/c2c(C)nn3c(=O)c4ccccc4n(C)c23)[n+](CC=C)c2nc3ccc([N+](=O)[O-])cc3nc21. The highest BCUT2D eigenvalue weighted by atomic mass is 16.6. The molecule has 2 aromatic carbocycles. The Labute approximate surface area is 239 Å². The van der Waals surface area contributed by atoms with Crippen molar-refractivity contribution in [2.75, 3.05) is 0 Å². The molecule has 0 amide bonds. The van der Waals surface area contributed by atoms with Crippen LogP contribution in [0.25, 0.3) is 51.0 Å². The third-order valence-corrected chi connectivity index (χ3v) is 7.22. The average Bonchev–Trinajstić information content (AvgIpc) is 3.46. The van der Waals surface area contributed by atoms with Crippen LogP contribution in [0, 0.1) is 17.0 Å². The number of allylic oxidation sites excluding steroid dienone is 4. The molecule has 208 valence electrons. The van der Waals surface area contributed by atoms with E-state index in [1.165, 1.54) is 16.6 Å². The number of nitrogens with zero attached hydrogens (tertiary/aromatic N) is 8. The van der Waals surface area contributed by atoms with Gasteiger partial charge in [0.15, 0.2) is 5.52 Å². The largest absolute Gasteiger partial charge is 0.328 e. The summed E-state index contributed by atoms with van der Waals surface area (Å²) >= 11 is 0. The zero-order valence-electron chi connectivity index (χ0n) is 23.1. The van der Waals surface area contributed by atoms with E-state index in [2.05, 4.69) is 18.3 Å². The fraction of sp³-hybridized carbons (Fsp3) is 0.129. The molecule has 0 aliphatic heterocycles. The van der Waals surface area contributed by atoms with E-state index in [-0.39, 0.29) is 11.2 Å². The number of para-hydroxylation sites is 1. The Hall–Kier alpha value is -5.71. The second-order valence-electron chi connectivity index (χ2n) is 9.79. The Balaban J connectivity index is 1.48. The lowest BCUT2D eigenvalue weighted by Gasteiger charge is -2.08. The van der Waals surface area contributed by atoms with Crippen LogP contribution in [0.5, 0.6) is 0 Å². The Morgan fingerprint density at radius 2 is 1.83 bits per heavy atom. The second-order valence-corrected chi connectivity index (χ2v) is 9.79. The van der Waals surface area contributed by atoms with E-state index in [1.54, 1.807) is 24.3 Å². The van der Waals surface area contributed by atoms with Gasteiger partial charge in [0.25, 0.3) is 16.9 Å². The summed E-state index contributed by atoms with van der Waals surface area (Å²) < 4.78 is 7.37. The molecular formula is C31H27N8O3+. The summed E-state index contributed by atoms with van der Waals surface area (Å²) in [5.74, 6) is 0.800. The van der Waals surface area contributed by atoms with E-state index in [4.69, 9.17) is 9.97 Å². The number of imidazole rings is 1. The number of rotatable bonds is 8. The van der Waals surface area contributed by atoms with Crippen molar-refractivity contribution in [3.8, 4) is 0 Å². The molecule has 0 unspecified atom stereocenters.